The quantitative estimate of drug-likeness (QED) is 0.372. The van der Waals surface area contributed by atoms with Gasteiger partial charge in [-0.15, -0.1) is 0 Å². The Bertz CT molecular complexity index is 248. The van der Waals surface area contributed by atoms with Gasteiger partial charge < -0.3 is 9.21 Å². The second kappa shape index (κ2) is 3.14. The third kappa shape index (κ3) is 1.55. The largest absolute Gasteiger partial charge is 0.461 e. The lowest BCUT2D eigenvalue weighted by atomic mass is 10.1. The van der Waals surface area contributed by atoms with Crippen LogP contribution in [0, 0.1) is 5.92 Å². The van der Waals surface area contributed by atoms with Crippen molar-refractivity contribution in [1.82, 2.24) is 0 Å². The maximum Gasteiger partial charge on any atom is 0.207 e. The SMILES string of the molecule is CC(C=O)C(=O)c1ccco1. The number of aldehydes is 1. The van der Waals surface area contributed by atoms with Crippen molar-refractivity contribution < 1.29 is 14.0 Å². The molecule has 1 heterocycles. The summed E-state index contributed by atoms with van der Waals surface area (Å²) in [5.74, 6) is -0.643. The Morgan fingerprint density at radius 2 is 2.45 bits per heavy atom. The molecule has 0 aliphatic heterocycles. The van der Waals surface area contributed by atoms with Crippen molar-refractivity contribution in [3.8, 4) is 0 Å². The van der Waals surface area contributed by atoms with Crippen molar-refractivity contribution in [2.45, 2.75) is 6.92 Å². The van der Waals surface area contributed by atoms with Crippen molar-refractivity contribution in [1.29, 1.82) is 0 Å². The molecule has 58 valence electrons. The first-order valence-corrected chi connectivity index (χ1v) is 3.28. The minimum Gasteiger partial charge on any atom is -0.461 e. The molecule has 0 aliphatic carbocycles. The second-order valence-corrected chi connectivity index (χ2v) is 2.27. The summed E-state index contributed by atoms with van der Waals surface area (Å²) in [4.78, 5) is 21.3. The molecule has 0 aliphatic rings. The number of hydrogen-bond donors (Lipinski definition) is 0. The molecule has 0 aromatic carbocycles. The monoisotopic (exact) mass is 152 g/mol. The van der Waals surface area contributed by atoms with Crippen molar-refractivity contribution in [2.75, 3.05) is 0 Å². The average molecular weight is 152 g/mol. The summed E-state index contributed by atoms with van der Waals surface area (Å²) in [6.07, 6.45) is 2.01. The lowest BCUT2D eigenvalue weighted by molar-refractivity contribution is -0.109. The van der Waals surface area contributed by atoms with Crippen LogP contribution in [0.1, 0.15) is 17.5 Å². The van der Waals surface area contributed by atoms with Gasteiger partial charge >= 0.3 is 0 Å². The van der Waals surface area contributed by atoms with E-state index >= 15 is 0 Å². The minimum absolute atomic E-state index is 0.240. The van der Waals surface area contributed by atoms with Crippen molar-refractivity contribution in [3.05, 3.63) is 24.2 Å². The fraction of sp³-hybridized carbons (Fsp3) is 0.250. The average Bonchev–Trinajstić information content (AvgIpc) is 2.53. The predicted octanol–water partition coefficient (Wildman–Crippen LogP) is 1.30. The molecule has 0 bridgehead atoms. The van der Waals surface area contributed by atoms with E-state index in [2.05, 4.69) is 0 Å². The first kappa shape index (κ1) is 7.72. The van der Waals surface area contributed by atoms with Gasteiger partial charge in [0.1, 0.15) is 6.29 Å². The number of Topliss-reactive ketones (excluding diaryl/α,β-unsaturated/α-hetero) is 1. The van der Waals surface area contributed by atoms with E-state index in [1.165, 1.54) is 13.2 Å². The van der Waals surface area contributed by atoms with Gasteiger partial charge in [0.15, 0.2) is 5.76 Å². The molecule has 1 aromatic heterocycles. The zero-order valence-corrected chi connectivity index (χ0v) is 6.11. The molecule has 3 heteroatoms. The molecule has 0 fully saturated rings. The Morgan fingerprint density at radius 1 is 1.73 bits per heavy atom. The molecule has 1 unspecified atom stereocenters. The van der Waals surface area contributed by atoms with E-state index in [0.29, 0.717) is 6.29 Å². The van der Waals surface area contributed by atoms with Crippen molar-refractivity contribution >= 4 is 12.1 Å². The van der Waals surface area contributed by atoms with Crippen LogP contribution in [0.15, 0.2) is 22.8 Å². The second-order valence-electron chi connectivity index (χ2n) is 2.27. The Morgan fingerprint density at radius 3 is 2.91 bits per heavy atom. The molecule has 0 radical (unpaired) electrons. The Labute approximate surface area is 64.0 Å². The minimum atomic E-state index is -0.610. The number of ketones is 1. The van der Waals surface area contributed by atoms with Crippen molar-refractivity contribution in [3.63, 3.8) is 0 Å². The molecule has 3 nitrogen and oxygen atoms in total. The summed E-state index contributed by atoms with van der Waals surface area (Å²) in [6.45, 7) is 1.54. The number of carbonyl (C=O) groups excluding carboxylic acids is 2. The van der Waals surface area contributed by atoms with Gasteiger partial charge in [-0.2, -0.15) is 0 Å². The van der Waals surface area contributed by atoms with Crippen LogP contribution in [0.25, 0.3) is 0 Å². The number of rotatable bonds is 3. The maximum absolute atomic E-state index is 11.1. The predicted molar refractivity (Wildman–Crippen MR) is 38.3 cm³/mol. The first-order valence-electron chi connectivity index (χ1n) is 3.28. The van der Waals surface area contributed by atoms with E-state index in [-0.39, 0.29) is 11.5 Å². The number of furan rings is 1. The molecule has 1 atom stereocenters. The summed E-state index contributed by atoms with van der Waals surface area (Å²) in [7, 11) is 0. The molecular formula is C8H8O3. The molecule has 1 aromatic rings. The van der Waals surface area contributed by atoms with Gasteiger partial charge in [0.05, 0.1) is 12.2 Å². The molecule has 0 amide bonds. The molecule has 11 heavy (non-hydrogen) atoms. The topological polar surface area (TPSA) is 47.3 Å². The van der Waals surface area contributed by atoms with Crippen LogP contribution in [0.4, 0.5) is 0 Å². The fourth-order valence-electron chi connectivity index (χ4n) is 0.705. The number of carbonyl (C=O) groups is 2. The summed E-state index contributed by atoms with van der Waals surface area (Å²) in [5.41, 5.74) is 0. The van der Waals surface area contributed by atoms with Gasteiger partial charge in [-0.25, -0.2) is 0 Å². The maximum atomic E-state index is 11.1. The standard InChI is InChI=1S/C8H8O3/c1-6(5-9)8(10)7-3-2-4-11-7/h2-6H,1H3. The highest BCUT2D eigenvalue weighted by atomic mass is 16.3. The van der Waals surface area contributed by atoms with E-state index in [1.54, 1.807) is 12.1 Å². The third-order valence-electron chi connectivity index (χ3n) is 1.38. The van der Waals surface area contributed by atoms with Gasteiger partial charge in [-0.1, -0.05) is 0 Å². The van der Waals surface area contributed by atoms with Crippen LogP contribution in [-0.2, 0) is 4.79 Å². The number of hydrogen-bond acceptors (Lipinski definition) is 3. The highest BCUT2D eigenvalue weighted by molar-refractivity contribution is 6.02. The fourth-order valence-corrected chi connectivity index (χ4v) is 0.705. The smallest absolute Gasteiger partial charge is 0.207 e. The zero-order chi connectivity index (χ0) is 8.27. The molecule has 1 rings (SSSR count). The molecule has 0 saturated carbocycles. The van der Waals surface area contributed by atoms with Crippen LogP contribution in [-0.4, -0.2) is 12.1 Å². The first-order chi connectivity index (χ1) is 5.25. The lowest BCUT2D eigenvalue weighted by Crippen LogP contribution is -2.11. The van der Waals surface area contributed by atoms with Gasteiger partial charge in [0.25, 0.3) is 0 Å². The van der Waals surface area contributed by atoms with Crippen LogP contribution >= 0.6 is 0 Å². The van der Waals surface area contributed by atoms with Crippen LogP contribution in [0.2, 0.25) is 0 Å². The normalized spacial score (nSPS) is 12.5. The van der Waals surface area contributed by atoms with Crippen LogP contribution in [0.5, 0.6) is 0 Å². The van der Waals surface area contributed by atoms with E-state index in [4.69, 9.17) is 4.42 Å². The zero-order valence-electron chi connectivity index (χ0n) is 6.11. The van der Waals surface area contributed by atoms with E-state index < -0.39 is 5.92 Å². The van der Waals surface area contributed by atoms with Crippen molar-refractivity contribution in [2.24, 2.45) is 5.92 Å². The van der Waals surface area contributed by atoms with E-state index in [1.807, 2.05) is 0 Å². The van der Waals surface area contributed by atoms with Gasteiger partial charge in [-0.05, 0) is 19.1 Å². The summed E-state index contributed by atoms with van der Waals surface area (Å²) < 4.78 is 4.81. The molecule has 0 N–H and O–H groups in total. The Kier molecular flexibility index (Phi) is 2.21. The summed E-state index contributed by atoms with van der Waals surface area (Å²) in [5, 5.41) is 0. The van der Waals surface area contributed by atoms with Crippen LogP contribution in [0.3, 0.4) is 0 Å². The van der Waals surface area contributed by atoms with Gasteiger partial charge in [0, 0.05) is 0 Å². The van der Waals surface area contributed by atoms with E-state index in [0.717, 1.165) is 0 Å². The molecule has 0 saturated heterocycles. The third-order valence-corrected chi connectivity index (χ3v) is 1.38. The highest BCUT2D eigenvalue weighted by Crippen LogP contribution is 2.06. The highest BCUT2D eigenvalue weighted by Gasteiger charge is 2.15. The Balaban J connectivity index is 2.78. The Hall–Kier alpha value is -1.38. The lowest BCUT2D eigenvalue weighted by Gasteiger charge is -1.96. The van der Waals surface area contributed by atoms with E-state index in [9.17, 15) is 9.59 Å². The van der Waals surface area contributed by atoms with Gasteiger partial charge in [0.2, 0.25) is 5.78 Å². The summed E-state index contributed by atoms with van der Waals surface area (Å²) in [6, 6.07) is 3.16. The van der Waals surface area contributed by atoms with Crippen LogP contribution < -0.4 is 0 Å². The summed E-state index contributed by atoms with van der Waals surface area (Å²) >= 11 is 0. The molecular weight excluding hydrogens is 144 g/mol. The molecule has 0 spiro atoms. The van der Waals surface area contributed by atoms with Gasteiger partial charge in [-0.3, -0.25) is 4.79 Å².